The molecular weight excluding hydrogens is 521 g/mol. The van der Waals surface area contributed by atoms with Gasteiger partial charge in [-0.05, 0) is 100 Å². The Kier molecular flexibility index (Phi) is 9.96. The van der Waals surface area contributed by atoms with E-state index in [4.69, 9.17) is 23.8 Å². The Morgan fingerprint density at radius 2 is 1.68 bits per heavy atom. The molecule has 0 aliphatic carbocycles. The van der Waals surface area contributed by atoms with Crippen LogP contribution < -0.4 is 9.64 Å². The molecule has 7 nitrogen and oxygen atoms in total. The number of aromatic nitrogens is 2. The highest BCUT2D eigenvalue weighted by molar-refractivity contribution is 7.57. The Morgan fingerprint density at radius 1 is 0.925 bits per heavy atom. The third-order valence-corrected chi connectivity index (χ3v) is 8.81. The number of anilines is 1. The van der Waals surface area contributed by atoms with E-state index in [9.17, 15) is 4.57 Å². The fraction of sp³-hybridized carbons (Fsp3) is 0.375. The van der Waals surface area contributed by atoms with Crippen molar-refractivity contribution in [1.82, 2.24) is 9.97 Å². The van der Waals surface area contributed by atoms with E-state index in [-0.39, 0.29) is 0 Å². The number of methoxy groups -OCH3 is 1. The fourth-order valence-electron chi connectivity index (χ4n) is 4.93. The van der Waals surface area contributed by atoms with Gasteiger partial charge in [0.25, 0.3) is 0 Å². The molecule has 0 atom stereocenters. The van der Waals surface area contributed by atoms with Crippen molar-refractivity contribution in [1.29, 1.82) is 0 Å². The Bertz CT molecular complexity index is 1540. The maximum Gasteiger partial charge on any atom is 0.354 e. The molecule has 8 heteroatoms. The van der Waals surface area contributed by atoms with Crippen LogP contribution in [0.1, 0.15) is 49.9 Å². The van der Waals surface area contributed by atoms with Crippen LogP contribution in [0, 0.1) is 6.92 Å². The summed E-state index contributed by atoms with van der Waals surface area (Å²) in [5.41, 5.74) is 6.36. The largest absolute Gasteiger partial charge is 0.497 e. The molecule has 0 aliphatic heterocycles. The fourth-order valence-corrected chi connectivity index (χ4v) is 6.25. The van der Waals surface area contributed by atoms with Crippen LogP contribution in [0.4, 0.5) is 5.82 Å². The molecule has 0 saturated carbocycles. The SMILES string of the molecule is CCOP(=O)(/C=C/c1ccc2c(c1)nc(N(CC)CC)c1ncc(CCc3ccc(OC)cc3C)cc12)OCC. The van der Waals surface area contributed by atoms with Crippen LogP contribution in [0.15, 0.2) is 54.5 Å². The van der Waals surface area contributed by atoms with Crippen LogP contribution in [0.2, 0.25) is 0 Å². The van der Waals surface area contributed by atoms with Crippen molar-refractivity contribution in [2.75, 3.05) is 38.3 Å². The smallest absolute Gasteiger partial charge is 0.354 e. The minimum atomic E-state index is -3.29. The van der Waals surface area contributed by atoms with Gasteiger partial charge < -0.3 is 18.7 Å². The molecule has 212 valence electrons. The molecule has 0 aliphatic rings. The summed E-state index contributed by atoms with van der Waals surface area (Å²) in [6.45, 7) is 12.3. The van der Waals surface area contributed by atoms with Crippen LogP contribution >= 0.6 is 7.60 Å². The van der Waals surface area contributed by atoms with Gasteiger partial charge in [0.15, 0.2) is 5.82 Å². The van der Waals surface area contributed by atoms with E-state index in [1.807, 2.05) is 24.4 Å². The second kappa shape index (κ2) is 13.4. The molecule has 0 N–H and O–H groups in total. The molecule has 0 saturated heterocycles. The van der Waals surface area contributed by atoms with E-state index in [0.717, 1.165) is 64.9 Å². The molecule has 0 radical (unpaired) electrons. The average molecular weight is 562 g/mol. The van der Waals surface area contributed by atoms with E-state index in [1.54, 1.807) is 27.0 Å². The predicted octanol–water partition coefficient (Wildman–Crippen LogP) is 7.97. The Balaban J connectivity index is 1.75. The van der Waals surface area contributed by atoms with Gasteiger partial charge in [-0.2, -0.15) is 0 Å². The van der Waals surface area contributed by atoms with Crippen molar-refractivity contribution in [3.8, 4) is 5.75 Å². The van der Waals surface area contributed by atoms with Crippen molar-refractivity contribution in [3.63, 3.8) is 0 Å². The number of aryl methyl sites for hydroxylation is 3. The number of pyridine rings is 2. The highest BCUT2D eigenvalue weighted by Gasteiger charge is 2.19. The number of nitrogens with zero attached hydrogens (tertiary/aromatic N) is 3. The molecule has 0 unspecified atom stereocenters. The summed E-state index contributed by atoms with van der Waals surface area (Å²) < 4.78 is 29.1. The highest BCUT2D eigenvalue weighted by Crippen LogP contribution is 2.50. The molecule has 40 heavy (non-hydrogen) atoms. The lowest BCUT2D eigenvalue weighted by Crippen LogP contribution is -2.23. The lowest BCUT2D eigenvalue weighted by molar-refractivity contribution is 0.229. The third-order valence-electron chi connectivity index (χ3n) is 7.06. The summed E-state index contributed by atoms with van der Waals surface area (Å²) in [5.74, 6) is 3.29. The minimum Gasteiger partial charge on any atom is -0.497 e. The molecule has 2 aromatic heterocycles. The average Bonchev–Trinajstić information content (AvgIpc) is 2.96. The second-order valence-corrected chi connectivity index (χ2v) is 11.5. The monoisotopic (exact) mass is 561 g/mol. The molecule has 4 aromatic rings. The second-order valence-electron chi connectivity index (χ2n) is 9.61. The first-order valence-corrected chi connectivity index (χ1v) is 15.6. The molecule has 2 aromatic carbocycles. The normalized spacial score (nSPS) is 12.1. The summed E-state index contributed by atoms with van der Waals surface area (Å²) in [4.78, 5) is 12.2. The first kappa shape index (κ1) is 29.7. The van der Waals surface area contributed by atoms with Gasteiger partial charge in [-0.1, -0.05) is 18.2 Å². The number of ether oxygens (including phenoxy) is 1. The van der Waals surface area contributed by atoms with Gasteiger partial charge in [0.2, 0.25) is 0 Å². The van der Waals surface area contributed by atoms with Crippen molar-refractivity contribution in [2.45, 2.75) is 47.5 Å². The summed E-state index contributed by atoms with van der Waals surface area (Å²) in [7, 11) is -1.60. The van der Waals surface area contributed by atoms with Crippen LogP contribution in [0.25, 0.3) is 27.9 Å². The molecule has 0 bridgehead atoms. The number of hydrogen-bond acceptors (Lipinski definition) is 7. The van der Waals surface area contributed by atoms with Gasteiger partial charge in [-0.3, -0.25) is 9.55 Å². The van der Waals surface area contributed by atoms with E-state index < -0.39 is 7.60 Å². The van der Waals surface area contributed by atoms with Crippen molar-refractivity contribution in [3.05, 3.63) is 76.7 Å². The highest BCUT2D eigenvalue weighted by atomic mass is 31.2. The minimum absolute atomic E-state index is 0.313. The quantitative estimate of drug-likeness (QED) is 0.121. The van der Waals surface area contributed by atoms with Crippen LogP contribution in [-0.2, 0) is 26.5 Å². The first-order chi connectivity index (χ1) is 19.3. The number of benzene rings is 2. The predicted molar refractivity (Wildman–Crippen MR) is 166 cm³/mol. The molecule has 0 fully saturated rings. The summed E-state index contributed by atoms with van der Waals surface area (Å²) in [6, 6.07) is 14.6. The Morgan fingerprint density at radius 3 is 2.33 bits per heavy atom. The van der Waals surface area contributed by atoms with Crippen molar-refractivity contribution in [2.24, 2.45) is 0 Å². The van der Waals surface area contributed by atoms with Gasteiger partial charge in [-0.15, -0.1) is 0 Å². The zero-order valence-corrected chi connectivity index (χ0v) is 25.3. The Hall–Kier alpha value is -3.25. The maximum atomic E-state index is 12.9. The number of hydrogen-bond donors (Lipinski definition) is 0. The van der Waals surface area contributed by atoms with E-state index in [2.05, 4.69) is 49.9 Å². The van der Waals surface area contributed by atoms with E-state index in [1.165, 1.54) is 22.5 Å². The van der Waals surface area contributed by atoms with Crippen LogP contribution in [0.3, 0.4) is 0 Å². The molecule has 0 amide bonds. The van der Waals surface area contributed by atoms with Gasteiger partial charge in [-0.25, -0.2) is 4.98 Å². The van der Waals surface area contributed by atoms with Gasteiger partial charge >= 0.3 is 7.60 Å². The lowest BCUT2D eigenvalue weighted by atomic mass is 9.99. The standard InChI is InChI=1S/C32H40N3O4P/c1-7-35(8-2)32-31-29(20-25(22-33-31)11-13-26-14-15-27(37-6)19-23(26)5)28-16-12-24(21-30(28)34-32)17-18-40(36,38-9-3)39-10-4/h12,14-22H,7-11,13H2,1-6H3/b18-17+. The summed E-state index contributed by atoms with van der Waals surface area (Å²) >= 11 is 0. The van der Waals surface area contributed by atoms with Gasteiger partial charge in [0, 0.05) is 35.9 Å². The topological polar surface area (TPSA) is 73.8 Å². The molecule has 0 spiro atoms. The zero-order chi connectivity index (χ0) is 28.7. The Labute approximate surface area is 237 Å². The number of fused-ring (bicyclic) bond motifs is 3. The molecule has 4 rings (SSSR count). The van der Waals surface area contributed by atoms with Crippen molar-refractivity contribution >= 4 is 41.3 Å². The summed E-state index contributed by atoms with van der Waals surface area (Å²) in [6.07, 6.45) is 5.58. The first-order valence-electron chi connectivity index (χ1n) is 14.0. The molecular formula is C32H40N3O4P. The van der Waals surface area contributed by atoms with E-state index in [0.29, 0.717) is 13.2 Å². The summed E-state index contributed by atoms with van der Waals surface area (Å²) in [5, 5.41) is 2.12. The molecule has 2 heterocycles. The van der Waals surface area contributed by atoms with E-state index >= 15 is 0 Å². The maximum absolute atomic E-state index is 12.9. The van der Waals surface area contributed by atoms with Gasteiger partial charge in [0.1, 0.15) is 11.3 Å². The van der Waals surface area contributed by atoms with Crippen LogP contribution in [0.5, 0.6) is 5.75 Å². The number of rotatable bonds is 13. The van der Waals surface area contributed by atoms with Crippen LogP contribution in [-0.4, -0.2) is 43.4 Å². The van der Waals surface area contributed by atoms with Crippen molar-refractivity contribution < 1.29 is 18.3 Å². The van der Waals surface area contributed by atoms with Gasteiger partial charge in [0.05, 0.1) is 25.8 Å². The zero-order valence-electron chi connectivity index (χ0n) is 24.4. The third kappa shape index (κ3) is 6.72. The lowest BCUT2D eigenvalue weighted by Gasteiger charge is -2.22.